The minimum Gasteiger partial charge on any atom is -0.381 e. The molecule has 2 aromatic rings. The number of nitrogen functional groups attached to an aromatic ring is 1. The maximum absolute atomic E-state index is 5.60. The van der Waals surface area contributed by atoms with Crippen molar-refractivity contribution in [2.45, 2.75) is 10.8 Å². The molecule has 0 radical (unpaired) electrons. The summed E-state index contributed by atoms with van der Waals surface area (Å²) in [5, 5.41) is 14.1. The molecule has 0 unspecified atom stereocenters. The van der Waals surface area contributed by atoms with E-state index in [1.54, 1.807) is 12.4 Å². The normalized spacial score (nSPS) is 10.3. The van der Waals surface area contributed by atoms with Crippen molar-refractivity contribution in [2.75, 3.05) is 5.73 Å². The lowest BCUT2D eigenvalue weighted by Crippen LogP contribution is -1.95. The highest BCUT2D eigenvalue weighted by atomic mass is 32.2. The van der Waals surface area contributed by atoms with Gasteiger partial charge in [0.1, 0.15) is 5.03 Å². The van der Waals surface area contributed by atoms with Crippen molar-refractivity contribution in [1.82, 2.24) is 30.6 Å². The third kappa shape index (κ3) is 1.96. The van der Waals surface area contributed by atoms with Gasteiger partial charge in [-0.2, -0.15) is 5.21 Å². The molecule has 72 valence electrons. The molecule has 0 aliphatic heterocycles. The van der Waals surface area contributed by atoms with Crippen LogP contribution in [0, 0.1) is 0 Å². The quantitative estimate of drug-likeness (QED) is 0.678. The Hall–Kier alpha value is -1.70. The monoisotopic (exact) mass is 209 g/mol. The summed E-state index contributed by atoms with van der Waals surface area (Å²) in [6.07, 6.45) is 3.14. The summed E-state index contributed by atoms with van der Waals surface area (Å²) in [6.45, 7) is 0. The van der Waals surface area contributed by atoms with Gasteiger partial charge < -0.3 is 5.73 Å². The molecule has 2 heterocycles. The average molecular weight is 209 g/mol. The van der Waals surface area contributed by atoms with Crippen LogP contribution in [-0.2, 0) is 5.75 Å². The summed E-state index contributed by atoms with van der Waals surface area (Å²) in [7, 11) is 0. The van der Waals surface area contributed by atoms with Crippen LogP contribution in [0.4, 0.5) is 5.82 Å². The molecular weight excluding hydrogens is 202 g/mol. The molecule has 7 nitrogen and oxygen atoms in total. The van der Waals surface area contributed by atoms with Gasteiger partial charge in [-0.15, -0.1) is 10.2 Å². The second kappa shape index (κ2) is 4.01. The largest absolute Gasteiger partial charge is 0.381 e. The van der Waals surface area contributed by atoms with E-state index in [2.05, 4.69) is 30.6 Å². The number of aromatic nitrogens is 6. The number of thioether (sulfide) groups is 1. The van der Waals surface area contributed by atoms with Crippen molar-refractivity contribution >= 4 is 17.6 Å². The van der Waals surface area contributed by atoms with Gasteiger partial charge in [-0.25, -0.2) is 9.97 Å². The molecule has 0 saturated carbocycles. The van der Waals surface area contributed by atoms with Crippen LogP contribution in [0.3, 0.4) is 0 Å². The molecule has 0 aliphatic carbocycles. The van der Waals surface area contributed by atoms with Gasteiger partial charge in [0, 0.05) is 12.4 Å². The van der Waals surface area contributed by atoms with E-state index in [0.29, 0.717) is 22.4 Å². The molecule has 0 fully saturated rings. The number of rotatable bonds is 3. The summed E-state index contributed by atoms with van der Waals surface area (Å²) in [5.41, 5.74) is 5.60. The standard InChI is InChI=1S/C6H7N7S/c7-5-6(9-2-1-8-5)14-3-4-10-12-13-11-4/h1-2H,3H2,(H2,7,8)(H,10,11,12,13). The van der Waals surface area contributed by atoms with Crippen molar-refractivity contribution in [1.29, 1.82) is 0 Å². The number of anilines is 1. The number of nitrogens with one attached hydrogen (secondary N) is 1. The van der Waals surface area contributed by atoms with Gasteiger partial charge in [0.25, 0.3) is 0 Å². The Bertz CT molecular complexity index is 400. The van der Waals surface area contributed by atoms with Gasteiger partial charge in [0.2, 0.25) is 0 Å². The van der Waals surface area contributed by atoms with E-state index < -0.39 is 0 Å². The average Bonchev–Trinajstić information content (AvgIpc) is 2.69. The Morgan fingerprint density at radius 3 is 2.93 bits per heavy atom. The lowest BCUT2D eigenvalue weighted by Gasteiger charge is -1.99. The highest BCUT2D eigenvalue weighted by Gasteiger charge is 2.04. The van der Waals surface area contributed by atoms with E-state index in [9.17, 15) is 0 Å². The van der Waals surface area contributed by atoms with E-state index in [0.717, 1.165) is 0 Å². The first kappa shape index (κ1) is 8.88. The van der Waals surface area contributed by atoms with Gasteiger partial charge in [-0.1, -0.05) is 17.0 Å². The summed E-state index contributed by atoms with van der Waals surface area (Å²) < 4.78 is 0. The molecule has 0 atom stereocenters. The Kier molecular flexibility index (Phi) is 2.54. The molecule has 2 aromatic heterocycles. The second-order valence-corrected chi connectivity index (χ2v) is 3.33. The SMILES string of the molecule is Nc1nccnc1SCc1nn[nH]n1. The number of tetrazole rings is 1. The molecule has 0 amide bonds. The van der Waals surface area contributed by atoms with Crippen LogP contribution in [0.25, 0.3) is 0 Å². The minimum absolute atomic E-state index is 0.418. The third-order valence-corrected chi connectivity index (χ3v) is 2.41. The molecule has 0 bridgehead atoms. The summed E-state index contributed by atoms with van der Waals surface area (Å²) in [4.78, 5) is 7.98. The smallest absolute Gasteiger partial charge is 0.184 e. The minimum atomic E-state index is 0.418. The van der Waals surface area contributed by atoms with E-state index in [1.165, 1.54) is 11.8 Å². The van der Waals surface area contributed by atoms with E-state index in [4.69, 9.17) is 5.73 Å². The van der Waals surface area contributed by atoms with E-state index >= 15 is 0 Å². The molecule has 0 spiro atoms. The van der Waals surface area contributed by atoms with Gasteiger partial charge in [0.05, 0.1) is 5.75 Å². The first-order chi connectivity index (χ1) is 6.86. The number of nitrogens with two attached hydrogens (primary N) is 1. The van der Waals surface area contributed by atoms with E-state index in [1.807, 2.05) is 0 Å². The molecular formula is C6H7N7S. The van der Waals surface area contributed by atoms with E-state index in [-0.39, 0.29) is 0 Å². The molecule has 0 aromatic carbocycles. The molecule has 0 saturated heterocycles. The summed E-state index contributed by atoms with van der Waals surface area (Å²) in [6, 6.07) is 0. The fraction of sp³-hybridized carbons (Fsp3) is 0.167. The predicted octanol–water partition coefficient (Wildman–Crippen LogP) is -0.136. The van der Waals surface area contributed by atoms with Crippen LogP contribution in [0.2, 0.25) is 0 Å². The van der Waals surface area contributed by atoms with Gasteiger partial charge in [-0.3, -0.25) is 0 Å². The van der Waals surface area contributed by atoms with Crippen molar-refractivity contribution in [3.63, 3.8) is 0 Å². The Morgan fingerprint density at radius 1 is 1.36 bits per heavy atom. The fourth-order valence-electron chi connectivity index (χ4n) is 0.824. The first-order valence-electron chi connectivity index (χ1n) is 3.78. The summed E-state index contributed by atoms with van der Waals surface area (Å²) in [5.74, 6) is 1.60. The lowest BCUT2D eigenvalue weighted by atomic mass is 10.7. The summed E-state index contributed by atoms with van der Waals surface area (Å²) >= 11 is 1.42. The Labute approximate surface area is 83.5 Å². The Morgan fingerprint density at radius 2 is 2.21 bits per heavy atom. The van der Waals surface area contributed by atoms with Crippen LogP contribution in [0.1, 0.15) is 5.82 Å². The number of hydrogen-bond acceptors (Lipinski definition) is 7. The van der Waals surface area contributed by atoms with Crippen molar-refractivity contribution in [2.24, 2.45) is 0 Å². The lowest BCUT2D eigenvalue weighted by molar-refractivity contribution is 0.881. The number of nitrogens with zero attached hydrogens (tertiary/aromatic N) is 5. The zero-order chi connectivity index (χ0) is 9.80. The molecule has 14 heavy (non-hydrogen) atoms. The van der Waals surface area contributed by atoms with Gasteiger partial charge in [0.15, 0.2) is 11.6 Å². The molecule has 0 aliphatic rings. The Balaban J connectivity index is 2.02. The molecule has 3 N–H and O–H groups in total. The van der Waals surface area contributed by atoms with Crippen molar-refractivity contribution < 1.29 is 0 Å². The number of aromatic amines is 1. The van der Waals surface area contributed by atoms with Crippen LogP contribution in [0.5, 0.6) is 0 Å². The second-order valence-electron chi connectivity index (χ2n) is 2.36. The maximum Gasteiger partial charge on any atom is 0.184 e. The van der Waals surface area contributed by atoms with Gasteiger partial charge >= 0.3 is 0 Å². The predicted molar refractivity (Wildman–Crippen MR) is 50.2 cm³/mol. The van der Waals surface area contributed by atoms with Crippen LogP contribution in [-0.4, -0.2) is 30.6 Å². The number of hydrogen-bond donors (Lipinski definition) is 2. The van der Waals surface area contributed by atoms with Gasteiger partial charge in [-0.05, 0) is 0 Å². The molecule has 8 heteroatoms. The molecule has 2 rings (SSSR count). The van der Waals surface area contributed by atoms with Crippen LogP contribution >= 0.6 is 11.8 Å². The topological polar surface area (TPSA) is 106 Å². The highest BCUT2D eigenvalue weighted by Crippen LogP contribution is 2.21. The van der Waals surface area contributed by atoms with Crippen LogP contribution in [0.15, 0.2) is 17.4 Å². The third-order valence-electron chi connectivity index (χ3n) is 1.42. The first-order valence-corrected chi connectivity index (χ1v) is 4.76. The fourth-order valence-corrected chi connectivity index (χ4v) is 1.55. The highest BCUT2D eigenvalue weighted by molar-refractivity contribution is 7.98. The van der Waals surface area contributed by atoms with Crippen LogP contribution < -0.4 is 5.73 Å². The van der Waals surface area contributed by atoms with Crippen molar-refractivity contribution in [3.8, 4) is 0 Å². The zero-order valence-electron chi connectivity index (χ0n) is 7.08. The number of H-pyrrole nitrogens is 1. The van der Waals surface area contributed by atoms with Crippen molar-refractivity contribution in [3.05, 3.63) is 18.2 Å². The maximum atomic E-state index is 5.60. The zero-order valence-corrected chi connectivity index (χ0v) is 7.90.